The zero-order valence-electron chi connectivity index (χ0n) is 12.2. The highest BCUT2D eigenvalue weighted by Crippen LogP contribution is 2.63. The molecule has 0 N–H and O–H groups in total. The van der Waals surface area contributed by atoms with Gasteiger partial charge in [-0.05, 0) is 3.07 Å². The molecule has 0 aromatic carbocycles. The van der Waals surface area contributed by atoms with Gasteiger partial charge in [0.2, 0.25) is 0 Å². The fourth-order valence-corrected chi connectivity index (χ4v) is 2.13. The van der Waals surface area contributed by atoms with Crippen LogP contribution in [0.5, 0.6) is 0 Å². The molecule has 3 nitrogen and oxygen atoms in total. The molecule has 0 aromatic rings. The zero-order chi connectivity index (χ0) is 23.2. The normalized spacial score (nSPS) is 16.1. The van der Waals surface area contributed by atoms with Gasteiger partial charge in [-0.1, -0.05) is 0 Å². The van der Waals surface area contributed by atoms with Crippen LogP contribution in [0.4, 0.5) is 65.9 Å². The topological polar surface area (TPSA) is 55.3 Å². The average molecular weight is 572 g/mol. The predicted molar refractivity (Wildman–Crippen MR) is 46.3 cm³/mol. The van der Waals surface area contributed by atoms with Crippen molar-refractivity contribution in [3.05, 3.63) is 0 Å². The van der Waals surface area contributed by atoms with Crippen molar-refractivity contribution >= 4 is 0 Å². The van der Waals surface area contributed by atoms with Gasteiger partial charge < -0.3 is 6.87 Å². The summed E-state index contributed by atoms with van der Waals surface area (Å²) < 4.78 is 215. The standard InChI is InChI=1S/C9H4F15IO3/c10-3(11,1-2-28-25(26)27)5(13,14)7(17,18)6(15,16)4(12,8(19,20)21)9(22,23)24/h1-2H2. The minimum absolute atomic E-state index is 2.07. The van der Waals surface area contributed by atoms with E-state index in [1.807, 2.05) is 0 Å². The predicted octanol–water partition coefficient (Wildman–Crippen LogP) is -0.142. The van der Waals surface area contributed by atoms with Crippen molar-refractivity contribution in [2.45, 2.75) is 48.1 Å². The van der Waals surface area contributed by atoms with E-state index in [4.69, 9.17) is 0 Å². The Bertz CT molecular complexity index is 526. The highest BCUT2D eigenvalue weighted by Gasteiger charge is 2.95. The first-order valence-corrected chi connectivity index (χ1v) is 8.58. The summed E-state index contributed by atoms with van der Waals surface area (Å²) in [6, 6.07) is 0. The van der Waals surface area contributed by atoms with Gasteiger partial charge in [-0.15, -0.1) is 0 Å². The lowest BCUT2D eigenvalue weighted by Crippen LogP contribution is -3.99. The van der Waals surface area contributed by atoms with E-state index in [1.54, 1.807) is 0 Å². The summed E-state index contributed by atoms with van der Waals surface area (Å²) in [5.74, 6) is -31.0. The van der Waals surface area contributed by atoms with Gasteiger partial charge in [-0.3, -0.25) is 0 Å². The van der Waals surface area contributed by atoms with Gasteiger partial charge in [-0.2, -0.15) is 61.5 Å². The first kappa shape index (κ1) is 27.6. The van der Waals surface area contributed by atoms with Crippen molar-refractivity contribution in [2.75, 3.05) is 6.61 Å². The molecule has 0 aromatic heterocycles. The van der Waals surface area contributed by atoms with E-state index in [9.17, 15) is 72.7 Å². The summed E-state index contributed by atoms with van der Waals surface area (Å²) in [7, 11) is 0. The third kappa shape index (κ3) is 4.20. The Kier molecular flexibility index (Phi) is 7.55. The third-order valence-electron chi connectivity index (χ3n) is 3.04. The minimum atomic E-state index is -8.49. The molecule has 0 rings (SSSR count). The molecule has 28 heavy (non-hydrogen) atoms. The number of rotatable bonds is 8. The van der Waals surface area contributed by atoms with Crippen molar-refractivity contribution < 1.29 is 96.9 Å². The van der Waals surface area contributed by atoms with Crippen LogP contribution < -0.4 is 27.9 Å². The smallest absolute Gasteiger partial charge is 0.396 e. The van der Waals surface area contributed by atoms with Gasteiger partial charge in [0, 0.05) is 6.42 Å². The number of hydrogen-bond acceptors (Lipinski definition) is 3. The number of halogens is 16. The molecule has 0 saturated heterocycles. The molecule has 0 radical (unpaired) electrons. The van der Waals surface area contributed by atoms with E-state index in [0.717, 1.165) is 0 Å². The Hall–Kier alpha value is -0.440. The molecule has 0 aliphatic rings. The molecule has 170 valence electrons. The Morgan fingerprint density at radius 3 is 1.21 bits per heavy atom. The van der Waals surface area contributed by atoms with Crippen molar-refractivity contribution in [2.24, 2.45) is 0 Å². The molecular formula is C9H4F15IO3. The molecule has 0 amide bonds. The van der Waals surface area contributed by atoms with E-state index in [0.29, 0.717) is 0 Å². The van der Waals surface area contributed by atoms with Crippen LogP contribution in [-0.2, 0) is 3.07 Å². The first-order chi connectivity index (χ1) is 11.9. The first-order valence-electron chi connectivity index (χ1n) is 5.94. The van der Waals surface area contributed by atoms with Crippen LogP contribution in [0.25, 0.3) is 0 Å². The lowest BCUT2D eigenvalue weighted by molar-refractivity contribution is -1.63. The second-order valence-corrected chi connectivity index (χ2v) is 6.54. The fourth-order valence-electron chi connectivity index (χ4n) is 1.55. The highest BCUT2D eigenvalue weighted by atomic mass is 127. The van der Waals surface area contributed by atoms with Crippen LogP contribution in [0.3, 0.4) is 0 Å². The second kappa shape index (κ2) is 7.67. The lowest BCUT2D eigenvalue weighted by Gasteiger charge is -2.43. The van der Waals surface area contributed by atoms with Crippen LogP contribution in [0.2, 0.25) is 0 Å². The molecule has 0 unspecified atom stereocenters. The summed E-state index contributed by atoms with van der Waals surface area (Å²) in [5.41, 5.74) is -8.35. The van der Waals surface area contributed by atoms with Crippen LogP contribution in [0.1, 0.15) is 6.42 Å². The van der Waals surface area contributed by atoms with Crippen LogP contribution >= 0.6 is 0 Å². The van der Waals surface area contributed by atoms with Crippen molar-refractivity contribution in [3.8, 4) is 0 Å². The molecule has 0 bridgehead atoms. The quantitative estimate of drug-likeness (QED) is 0.301. The molecule has 0 aliphatic carbocycles. The van der Waals surface area contributed by atoms with Crippen molar-refractivity contribution in [1.82, 2.24) is 0 Å². The highest BCUT2D eigenvalue weighted by molar-refractivity contribution is 5.16. The molecular weight excluding hydrogens is 568 g/mol. The molecule has 0 fully saturated rings. The third-order valence-corrected chi connectivity index (χ3v) is 3.99. The zero-order valence-corrected chi connectivity index (χ0v) is 14.3. The summed E-state index contributed by atoms with van der Waals surface area (Å²) in [5, 5.41) is 0. The fraction of sp³-hybridized carbons (Fsp3) is 1.00. The summed E-state index contributed by atoms with van der Waals surface area (Å²) >= 11 is -4.90. The van der Waals surface area contributed by atoms with Crippen LogP contribution in [0, 0.1) is 0 Å². The molecule has 0 spiro atoms. The van der Waals surface area contributed by atoms with Gasteiger partial charge in [0.05, 0.1) is 0 Å². The van der Waals surface area contributed by atoms with E-state index in [1.165, 1.54) is 0 Å². The van der Waals surface area contributed by atoms with E-state index in [-0.39, 0.29) is 0 Å². The maximum absolute atomic E-state index is 13.2. The summed E-state index contributed by atoms with van der Waals surface area (Å²) in [6.07, 6.45) is -18.8. The maximum atomic E-state index is 13.2. The minimum Gasteiger partial charge on any atom is -0.396 e. The van der Waals surface area contributed by atoms with E-state index in [2.05, 4.69) is 3.07 Å². The Morgan fingerprint density at radius 1 is 0.571 bits per heavy atom. The SMILES string of the molecule is [O-][I+2]([O-])OCCC(F)(F)C(F)(F)C(F)(F)C(F)(F)C(F)(C(F)(F)F)C(F)(F)F. The van der Waals surface area contributed by atoms with Gasteiger partial charge in [0.1, 0.15) is 6.61 Å². The average Bonchev–Trinajstić information content (AvgIpc) is 2.42. The number of hydrogen-bond donors (Lipinski definition) is 0. The molecule has 0 saturated carbocycles. The van der Waals surface area contributed by atoms with E-state index < -0.39 is 75.8 Å². The molecule has 19 heteroatoms. The van der Waals surface area contributed by atoms with Gasteiger partial charge in [0.15, 0.2) is 0 Å². The van der Waals surface area contributed by atoms with Crippen molar-refractivity contribution in [1.29, 1.82) is 0 Å². The van der Waals surface area contributed by atoms with Gasteiger partial charge >= 0.3 is 62.8 Å². The summed E-state index contributed by atoms with van der Waals surface area (Å²) in [4.78, 5) is 0. The van der Waals surface area contributed by atoms with E-state index >= 15 is 0 Å². The molecule has 0 atom stereocenters. The van der Waals surface area contributed by atoms with Gasteiger partial charge in [0.25, 0.3) is 0 Å². The molecule has 0 aliphatic heterocycles. The maximum Gasteiger partial charge on any atom is 0.506 e. The second-order valence-electron chi connectivity index (χ2n) is 4.83. The monoisotopic (exact) mass is 572 g/mol. The van der Waals surface area contributed by atoms with Crippen LogP contribution in [0.15, 0.2) is 0 Å². The largest absolute Gasteiger partial charge is 0.506 e. The summed E-state index contributed by atoms with van der Waals surface area (Å²) in [6.45, 7) is -2.07. The van der Waals surface area contributed by atoms with Crippen LogP contribution in [-0.4, -0.2) is 48.3 Å². The lowest BCUT2D eigenvalue weighted by atomic mass is 9.85. The Labute approximate surface area is 152 Å². The van der Waals surface area contributed by atoms with Gasteiger partial charge in [-0.25, -0.2) is 4.39 Å². The van der Waals surface area contributed by atoms with Crippen molar-refractivity contribution in [3.63, 3.8) is 0 Å². The Balaban J connectivity index is 6.37. The number of alkyl halides is 15. The Morgan fingerprint density at radius 2 is 0.929 bits per heavy atom. The molecule has 0 heterocycles.